The van der Waals surface area contributed by atoms with Crippen LogP contribution in [0.15, 0.2) is 101 Å². The first kappa shape index (κ1) is 34.1. The highest BCUT2D eigenvalue weighted by Crippen LogP contribution is 2.55. The number of nitrogens with zero attached hydrogens (tertiary/aromatic N) is 1. The molecule has 4 aromatic carbocycles. The molecule has 0 spiro atoms. The van der Waals surface area contributed by atoms with Crippen molar-refractivity contribution in [2.75, 3.05) is 5.75 Å². The van der Waals surface area contributed by atoms with Crippen LogP contribution in [0.2, 0.25) is 0 Å². The lowest BCUT2D eigenvalue weighted by molar-refractivity contribution is -0.245. The minimum Gasteiger partial charge on any atom is -0.392 e. The molecular weight excluding hydrogens is 687 g/mol. The van der Waals surface area contributed by atoms with Gasteiger partial charge in [-0.2, -0.15) is 0 Å². The normalized spacial score (nSPS) is 27.9. The van der Waals surface area contributed by atoms with Crippen LogP contribution >= 0.6 is 23.1 Å². The van der Waals surface area contributed by atoms with Crippen LogP contribution in [-0.2, 0) is 22.6 Å². The van der Waals surface area contributed by atoms with Crippen molar-refractivity contribution in [3.63, 3.8) is 0 Å². The zero-order valence-corrected chi connectivity index (χ0v) is 30.8. The number of rotatable bonds is 10. The highest BCUT2D eigenvalue weighted by atomic mass is 32.2. The van der Waals surface area contributed by atoms with E-state index in [0.717, 1.165) is 92.4 Å². The van der Waals surface area contributed by atoms with Gasteiger partial charge in [0.25, 0.3) is 0 Å². The van der Waals surface area contributed by atoms with E-state index in [1.54, 1.807) is 23.1 Å². The van der Waals surface area contributed by atoms with Gasteiger partial charge < -0.3 is 25.2 Å². The molecule has 52 heavy (non-hydrogen) atoms. The fraction of sp³-hybridized carbons (Fsp3) is 0.395. The lowest BCUT2D eigenvalue weighted by Gasteiger charge is -2.56. The molecular formula is C43H45N3O4S2. The van der Waals surface area contributed by atoms with E-state index in [9.17, 15) is 9.90 Å². The SMILES string of the molecule is O=C(NCc1ccccc1-c1ccc(C2OC(CSc3nc4ccccc4s3)CC(c3ccc(CO)cc3)O2)cc1)NC12CC3CC(CC(C3)C1)C2. The summed E-state index contributed by atoms with van der Waals surface area (Å²) >= 11 is 3.45. The average Bonchev–Trinajstić information content (AvgIpc) is 3.59. The van der Waals surface area contributed by atoms with E-state index < -0.39 is 6.29 Å². The summed E-state index contributed by atoms with van der Waals surface area (Å²) in [4.78, 5) is 18.1. The van der Waals surface area contributed by atoms with Crippen LogP contribution in [0.1, 0.15) is 79.6 Å². The summed E-state index contributed by atoms with van der Waals surface area (Å²) in [6.07, 6.45) is 7.50. The number of benzene rings is 4. The third-order valence-corrected chi connectivity index (χ3v) is 14.0. The number of carbonyl (C=O) groups is 1. The van der Waals surface area contributed by atoms with Gasteiger partial charge in [0.05, 0.1) is 29.0 Å². The fourth-order valence-corrected chi connectivity index (χ4v) is 11.7. The molecule has 4 bridgehead atoms. The first-order chi connectivity index (χ1) is 25.5. The van der Waals surface area contributed by atoms with Gasteiger partial charge in [0.1, 0.15) is 0 Å². The molecule has 3 unspecified atom stereocenters. The maximum absolute atomic E-state index is 13.3. The number of amides is 2. The van der Waals surface area contributed by atoms with Crippen LogP contribution < -0.4 is 10.6 Å². The van der Waals surface area contributed by atoms with E-state index in [1.807, 2.05) is 36.4 Å². The number of aliphatic hydroxyl groups excluding tert-OH is 1. The second kappa shape index (κ2) is 14.6. The molecule has 4 aliphatic carbocycles. The van der Waals surface area contributed by atoms with Crippen molar-refractivity contribution in [2.24, 2.45) is 17.8 Å². The molecule has 2 heterocycles. The Bertz CT molecular complexity index is 1960. The lowest BCUT2D eigenvalue weighted by atomic mass is 9.53. The highest BCUT2D eigenvalue weighted by molar-refractivity contribution is 8.01. The van der Waals surface area contributed by atoms with E-state index in [2.05, 4.69) is 71.3 Å². The number of fused-ring (bicyclic) bond motifs is 1. The summed E-state index contributed by atoms with van der Waals surface area (Å²) in [5.74, 6) is 3.13. The van der Waals surface area contributed by atoms with Gasteiger partial charge in [-0.05, 0) is 96.2 Å². The Kier molecular flexibility index (Phi) is 9.56. The molecule has 10 rings (SSSR count). The minimum absolute atomic E-state index is 0.00742. The molecule has 7 nitrogen and oxygen atoms in total. The summed E-state index contributed by atoms with van der Waals surface area (Å²) in [5.41, 5.74) is 7.20. The second-order valence-corrected chi connectivity index (χ2v) is 17.7. The number of aromatic nitrogens is 1. The van der Waals surface area contributed by atoms with Gasteiger partial charge in [0.2, 0.25) is 0 Å². The Morgan fingerprint density at radius 2 is 1.52 bits per heavy atom. The zero-order chi connectivity index (χ0) is 35.1. The Labute approximate surface area is 313 Å². The standard InChI is InChI=1S/C43H45N3O4S2/c47-25-27-9-11-32(12-10-27)38-20-35(26-51-42-45-37-7-3-4-8-39(37)52-42)49-40(50-38)33-15-13-31(14-16-33)36-6-2-1-5-34(36)24-44-41(48)46-43-21-28-17-29(22-43)19-30(18-28)23-43/h1-16,28-30,35,38,40,47H,17-26H2,(H2,44,46,48). The lowest BCUT2D eigenvalue weighted by Crippen LogP contribution is -2.61. The van der Waals surface area contributed by atoms with Gasteiger partial charge in [-0.3, -0.25) is 0 Å². The first-order valence-electron chi connectivity index (χ1n) is 18.7. The smallest absolute Gasteiger partial charge is 0.315 e. The third kappa shape index (κ3) is 7.26. The molecule has 1 aliphatic heterocycles. The monoisotopic (exact) mass is 731 g/mol. The van der Waals surface area contributed by atoms with Gasteiger partial charge in [-0.1, -0.05) is 96.7 Å². The molecule has 1 saturated heterocycles. The van der Waals surface area contributed by atoms with Crippen molar-refractivity contribution in [3.8, 4) is 11.1 Å². The number of thiazole rings is 1. The predicted octanol–water partition coefficient (Wildman–Crippen LogP) is 9.56. The molecule has 4 saturated carbocycles. The number of nitrogens with one attached hydrogen (secondary N) is 2. The van der Waals surface area contributed by atoms with Crippen molar-refractivity contribution in [3.05, 3.63) is 119 Å². The van der Waals surface area contributed by atoms with Gasteiger partial charge >= 0.3 is 6.03 Å². The summed E-state index contributed by atoms with van der Waals surface area (Å²) in [6.45, 7) is 0.481. The van der Waals surface area contributed by atoms with Gasteiger partial charge in [0, 0.05) is 29.8 Å². The van der Waals surface area contributed by atoms with Crippen LogP contribution in [0.3, 0.4) is 0 Å². The van der Waals surface area contributed by atoms with Crippen LogP contribution in [0.5, 0.6) is 0 Å². The summed E-state index contributed by atoms with van der Waals surface area (Å²) in [6, 6.07) is 33.0. The van der Waals surface area contributed by atoms with Crippen LogP contribution in [0.4, 0.5) is 4.79 Å². The number of ether oxygens (including phenoxy) is 2. The average molecular weight is 732 g/mol. The molecule has 3 atom stereocenters. The molecule has 268 valence electrons. The second-order valence-electron chi connectivity index (χ2n) is 15.4. The molecule has 1 aromatic heterocycles. The van der Waals surface area contributed by atoms with E-state index in [4.69, 9.17) is 14.5 Å². The highest BCUT2D eigenvalue weighted by Gasteiger charge is 2.51. The van der Waals surface area contributed by atoms with Crippen molar-refractivity contribution < 1.29 is 19.4 Å². The maximum Gasteiger partial charge on any atom is 0.315 e. The van der Waals surface area contributed by atoms with E-state index in [-0.39, 0.29) is 30.4 Å². The van der Waals surface area contributed by atoms with Gasteiger partial charge in [-0.25, -0.2) is 9.78 Å². The fourth-order valence-electron chi connectivity index (χ4n) is 9.60. The molecule has 5 aromatic rings. The van der Waals surface area contributed by atoms with Crippen molar-refractivity contribution in [1.29, 1.82) is 0 Å². The number of hydrogen-bond donors (Lipinski definition) is 3. The van der Waals surface area contributed by atoms with Crippen LogP contribution in [0, 0.1) is 17.8 Å². The third-order valence-electron chi connectivity index (χ3n) is 11.6. The van der Waals surface area contributed by atoms with E-state index in [0.29, 0.717) is 6.54 Å². The van der Waals surface area contributed by atoms with Gasteiger partial charge in [0.15, 0.2) is 10.6 Å². The number of thioether (sulfide) groups is 1. The molecule has 2 amide bonds. The topological polar surface area (TPSA) is 92.7 Å². The van der Waals surface area contributed by atoms with Crippen molar-refractivity contribution in [1.82, 2.24) is 15.6 Å². The minimum atomic E-state index is -0.531. The molecule has 5 fully saturated rings. The summed E-state index contributed by atoms with van der Waals surface area (Å²) in [7, 11) is 0. The maximum atomic E-state index is 13.3. The first-order valence-corrected chi connectivity index (χ1v) is 20.5. The molecule has 0 radical (unpaired) electrons. The van der Waals surface area contributed by atoms with Crippen LogP contribution in [-0.4, -0.2) is 33.5 Å². The molecule has 5 aliphatic rings. The molecule has 3 N–H and O–H groups in total. The van der Waals surface area contributed by atoms with Crippen molar-refractivity contribution in [2.45, 2.75) is 86.5 Å². The molecule has 9 heteroatoms. The van der Waals surface area contributed by atoms with Gasteiger partial charge in [-0.15, -0.1) is 11.3 Å². The Morgan fingerprint density at radius 1 is 0.827 bits per heavy atom. The Hall–Kier alpha value is -3.73. The number of carbonyl (C=O) groups excluding carboxylic acids is 1. The van der Waals surface area contributed by atoms with Crippen LogP contribution in [0.25, 0.3) is 21.3 Å². The summed E-state index contributed by atoms with van der Waals surface area (Å²) < 4.78 is 15.5. The largest absolute Gasteiger partial charge is 0.392 e. The Balaban J connectivity index is 0.886. The number of para-hydroxylation sites is 1. The zero-order valence-electron chi connectivity index (χ0n) is 29.2. The number of aliphatic hydroxyl groups is 1. The summed E-state index contributed by atoms with van der Waals surface area (Å²) in [5, 5.41) is 16.3. The van der Waals surface area contributed by atoms with Crippen molar-refractivity contribution >= 4 is 39.3 Å². The quantitative estimate of drug-likeness (QED) is 0.124. The predicted molar refractivity (Wildman–Crippen MR) is 207 cm³/mol. The van der Waals surface area contributed by atoms with E-state index >= 15 is 0 Å². The number of hydrogen-bond acceptors (Lipinski definition) is 7. The van der Waals surface area contributed by atoms with E-state index in [1.165, 1.54) is 24.0 Å². The Morgan fingerprint density at radius 3 is 2.25 bits per heavy atom. The number of urea groups is 1.